The zero-order valence-corrected chi connectivity index (χ0v) is 11.6. The van der Waals surface area contributed by atoms with Gasteiger partial charge in [0.25, 0.3) is 0 Å². The number of nitrogens with zero attached hydrogens (tertiary/aromatic N) is 2. The van der Waals surface area contributed by atoms with Crippen LogP contribution in [0.3, 0.4) is 0 Å². The van der Waals surface area contributed by atoms with Gasteiger partial charge in [-0.05, 0) is 42.3 Å². The van der Waals surface area contributed by atoms with Crippen LogP contribution >= 0.6 is 11.6 Å². The van der Waals surface area contributed by atoms with Crippen molar-refractivity contribution in [2.24, 2.45) is 4.99 Å². The molecule has 102 valence electrons. The average Bonchev–Trinajstić information content (AvgIpc) is 2.82. The molecule has 1 aliphatic rings. The van der Waals surface area contributed by atoms with Crippen LogP contribution in [0, 0.1) is 5.95 Å². The van der Waals surface area contributed by atoms with Crippen LogP contribution in [0.15, 0.2) is 47.6 Å². The summed E-state index contributed by atoms with van der Waals surface area (Å²) in [5, 5.41) is 3.93. The maximum atomic E-state index is 13.5. The van der Waals surface area contributed by atoms with E-state index in [1.54, 1.807) is 12.4 Å². The van der Waals surface area contributed by atoms with Gasteiger partial charge in [0.05, 0.1) is 12.4 Å². The average molecular weight is 290 g/mol. The highest BCUT2D eigenvalue weighted by Gasteiger charge is 2.42. The summed E-state index contributed by atoms with van der Waals surface area (Å²) in [7, 11) is 0. The molecule has 0 fully saturated rings. The van der Waals surface area contributed by atoms with E-state index in [9.17, 15) is 4.39 Å². The SMILES string of the molecule is C[C@@H]1N=CN[C@]1(c1ccc(Cl)cc1)c1ccnc(F)c1. The van der Waals surface area contributed by atoms with Gasteiger partial charge in [-0.2, -0.15) is 4.39 Å². The minimum atomic E-state index is -0.589. The zero-order chi connectivity index (χ0) is 14.2. The van der Waals surface area contributed by atoms with Crippen molar-refractivity contribution >= 4 is 17.9 Å². The van der Waals surface area contributed by atoms with Crippen LogP contribution in [-0.2, 0) is 5.54 Å². The van der Waals surface area contributed by atoms with Crippen molar-refractivity contribution in [3.05, 3.63) is 64.7 Å². The van der Waals surface area contributed by atoms with Gasteiger partial charge in [-0.1, -0.05) is 23.7 Å². The van der Waals surface area contributed by atoms with Crippen molar-refractivity contribution in [1.82, 2.24) is 10.3 Å². The third-order valence-corrected chi connectivity index (χ3v) is 3.95. The molecule has 1 N–H and O–H groups in total. The van der Waals surface area contributed by atoms with Crippen molar-refractivity contribution in [3.8, 4) is 0 Å². The molecule has 3 nitrogen and oxygen atoms in total. The molecular weight excluding hydrogens is 277 g/mol. The molecule has 0 saturated heterocycles. The van der Waals surface area contributed by atoms with Crippen molar-refractivity contribution < 1.29 is 4.39 Å². The Balaban J connectivity index is 2.17. The second-order valence-corrected chi connectivity index (χ2v) is 5.22. The number of benzene rings is 1. The summed E-state index contributed by atoms with van der Waals surface area (Å²) in [5.74, 6) is -0.503. The topological polar surface area (TPSA) is 37.3 Å². The molecule has 2 aromatic rings. The largest absolute Gasteiger partial charge is 0.361 e. The first-order chi connectivity index (χ1) is 9.63. The molecule has 1 aromatic carbocycles. The Morgan fingerprint density at radius 2 is 1.95 bits per heavy atom. The second kappa shape index (κ2) is 4.87. The summed E-state index contributed by atoms with van der Waals surface area (Å²) in [6.45, 7) is 1.99. The molecule has 3 rings (SSSR count). The lowest BCUT2D eigenvalue weighted by atomic mass is 9.79. The van der Waals surface area contributed by atoms with Crippen LogP contribution in [0.5, 0.6) is 0 Å². The normalized spacial score (nSPS) is 24.6. The molecule has 0 bridgehead atoms. The van der Waals surface area contributed by atoms with Gasteiger partial charge in [0.15, 0.2) is 0 Å². The number of rotatable bonds is 2. The van der Waals surface area contributed by atoms with Gasteiger partial charge >= 0.3 is 0 Å². The van der Waals surface area contributed by atoms with Crippen LogP contribution in [0.4, 0.5) is 4.39 Å². The number of hydrogen-bond donors (Lipinski definition) is 1. The first-order valence-corrected chi connectivity index (χ1v) is 6.68. The van der Waals surface area contributed by atoms with Crippen molar-refractivity contribution in [2.75, 3.05) is 0 Å². The Bertz CT molecular complexity index is 656. The Kier molecular flexibility index (Phi) is 3.18. The third-order valence-electron chi connectivity index (χ3n) is 3.70. The summed E-state index contributed by atoms with van der Waals surface area (Å²) in [6.07, 6.45) is 3.13. The van der Waals surface area contributed by atoms with Crippen LogP contribution in [-0.4, -0.2) is 17.4 Å². The van der Waals surface area contributed by atoms with E-state index >= 15 is 0 Å². The minimum Gasteiger partial charge on any atom is -0.361 e. The summed E-state index contributed by atoms with van der Waals surface area (Å²) < 4.78 is 13.5. The van der Waals surface area contributed by atoms with E-state index in [0.717, 1.165) is 11.1 Å². The quantitative estimate of drug-likeness (QED) is 0.863. The first-order valence-electron chi connectivity index (χ1n) is 6.30. The zero-order valence-electron chi connectivity index (χ0n) is 10.8. The second-order valence-electron chi connectivity index (χ2n) is 4.78. The first kappa shape index (κ1) is 13.1. The predicted molar refractivity (Wildman–Crippen MR) is 77.5 cm³/mol. The predicted octanol–water partition coefficient (Wildman–Crippen LogP) is 3.14. The highest BCUT2D eigenvalue weighted by Crippen LogP contribution is 2.37. The van der Waals surface area contributed by atoms with Crippen LogP contribution < -0.4 is 5.32 Å². The molecular formula is C15H13ClFN3. The van der Waals surface area contributed by atoms with E-state index < -0.39 is 11.5 Å². The number of hydrogen-bond acceptors (Lipinski definition) is 3. The Labute approximate surface area is 121 Å². The van der Waals surface area contributed by atoms with Crippen LogP contribution in [0.2, 0.25) is 5.02 Å². The van der Waals surface area contributed by atoms with E-state index in [1.807, 2.05) is 31.2 Å². The highest BCUT2D eigenvalue weighted by atomic mass is 35.5. The van der Waals surface area contributed by atoms with Gasteiger partial charge in [0.1, 0.15) is 5.54 Å². The maximum absolute atomic E-state index is 13.5. The molecule has 0 spiro atoms. The molecule has 20 heavy (non-hydrogen) atoms. The third kappa shape index (κ3) is 1.96. The molecule has 1 aromatic heterocycles. The summed E-state index contributed by atoms with van der Waals surface area (Å²) in [5.41, 5.74) is 1.18. The molecule has 0 aliphatic carbocycles. The van der Waals surface area contributed by atoms with E-state index in [1.165, 1.54) is 12.3 Å². The highest BCUT2D eigenvalue weighted by molar-refractivity contribution is 6.30. The number of aromatic nitrogens is 1. The Morgan fingerprint density at radius 1 is 1.20 bits per heavy atom. The van der Waals surface area contributed by atoms with E-state index in [4.69, 9.17) is 11.6 Å². The number of nitrogens with one attached hydrogen (secondary N) is 1. The summed E-state index contributed by atoms with van der Waals surface area (Å²) >= 11 is 5.95. The molecule has 2 atom stereocenters. The molecule has 0 saturated carbocycles. The van der Waals surface area contributed by atoms with Crippen molar-refractivity contribution in [3.63, 3.8) is 0 Å². The van der Waals surface area contributed by atoms with Gasteiger partial charge in [0, 0.05) is 11.2 Å². The molecule has 0 amide bonds. The molecule has 1 aliphatic heterocycles. The molecule has 5 heteroatoms. The number of halogens is 2. The lowest BCUT2D eigenvalue weighted by Crippen LogP contribution is -2.45. The minimum absolute atomic E-state index is 0.0644. The fourth-order valence-corrected chi connectivity index (χ4v) is 2.79. The fraction of sp³-hybridized carbons (Fsp3) is 0.200. The van der Waals surface area contributed by atoms with Gasteiger partial charge in [-0.3, -0.25) is 4.99 Å². The van der Waals surface area contributed by atoms with Crippen molar-refractivity contribution in [1.29, 1.82) is 0 Å². The Hall–Kier alpha value is -1.94. The molecule has 0 radical (unpaired) electrons. The van der Waals surface area contributed by atoms with Crippen LogP contribution in [0.25, 0.3) is 0 Å². The fourth-order valence-electron chi connectivity index (χ4n) is 2.66. The van der Waals surface area contributed by atoms with Gasteiger partial charge < -0.3 is 5.32 Å². The lowest BCUT2D eigenvalue weighted by Gasteiger charge is -2.34. The summed E-state index contributed by atoms with van der Waals surface area (Å²) in [4.78, 5) is 8.00. The van der Waals surface area contributed by atoms with E-state index in [-0.39, 0.29) is 6.04 Å². The van der Waals surface area contributed by atoms with E-state index in [2.05, 4.69) is 15.3 Å². The van der Waals surface area contributed by atoms with Crippen LogP contribution in [0.1, 0.15) is 18.1 Å². The smallest absolute Gasteiger partial charge is 0.213 e. The molecule has 2 heterocycles. The lowest BCUT2D eigenvalue weighted by molar-refractivity contribution is 0.431. The molecule has 0 unspecified atom stereocenters. The van der Waals surface area contributed by atoms with Gasteiger partial charge in [-0.15, -0.1) is 0 Å². The van der Waals surface area contributed by atoms with Gasteiger partial charge in [-0.25, -0.2) is 4.98 Å². The van der Waals surface area contributed by atoms with Crippen molar-refractivity contribution in [2.45, 2.75) is 18.5 Å². The number of aliphatic imine (C=N–C) groups is 1. The standard InChI is InChI=1S/C15H13ClFN3/c1-10-15(20-9-19-10,11-2-4-13(16)5-3-11)12-6-7-18-14(17)8-12/h2-10H,1H3,(H,19,20)/t10-,15+/m0/s1. The monoisotopic (exact) mass is 289 g/mol. The van der Waals surface area contributed by atoms with Gasteiger partial charge in [0.2, 0.25) is 5.95 Å². The van der Waals surface area contributed by atoms with E-state index in [0.29, 0.717) is 5.02 Å². The maximum Gasteiger partial charge on any atom is 0.213 e. The number of pyridine rings is 1. The summed E-state index contributed by atoms with van der Waals surface area (Å²) in [6, 6.07) is 10.7. The Morgan fingerprint density at radius 3 is 2.55 bits per heavy atom.